The molecule has 2 nitrogen and oxygen atoms in total. The Bertz CT molecular complexity index is 196. The molecule has 3 unspecified atom stereocenters. The maximum absolute atomic E-state index is 11.1. The minimum atomic E-state index is -0.143. The average Bonchev–Trinajstić information content (AvgIpc) is 2.14. The molecule has 0 aromatic heterocycles. The first kappa shape index (κ1) is 11.9. The molecule has 1 amide bonds. The number of primary amides is 1. The number of carbonyl (C=O) groups is 1. The summed E-state index contributed by atoms with van der Waals surface area (Å²) < 4.78 is 0. The minimum absolute atomic E-state index is 0.0327. The molecule has 1 rings (SSSR count). The zero-order chi connectivity index (χ0) is 10.6. The first-order valence-corrected chi connectivity index (χ1v) is 6.52. The van der Waals surface area contributed by atoms with Crippen molar-refractivity contribution in [3.63, 3.8) is 0 Å². The quantitative estimate of drug-likeness (QED) is 0.783. The number of nitrogens with two attached hydrogens (primary N) is 1. The maximum atomic E-state index is 11.1. The van der Waals surface area contributed by atoms with Gasteiger partial charge in [-0.3, -0.25) is 4.79 Å². The Morgan fingerprint density at radius 3 is 2.79 bits per heavy atom. The predicted molar refractivity (Wildman–Crippen MR) is 62.3 cm³/mol. The number of amides is 1. The molecule has 1 fully saturated rings. The van der Waals surface area contributed by atoms with Crippen molar-refractivity contribution in [3.05, 3.63) is 0 Å². The highest BCUT2D eigenvalue weighted by Gasteiger charge is 2.24. The van der Waals surface area contributed by atoms with Crippen LogP contribution in [-0.4, -0.2) is 16.4 Å². The summed E-state index contributed by atoms with van der Waals surface area (Å²) in [5.74, 6) is 0.683. The summed E-state index contributed by atoms with van der Waals surface area (Å²) in [5, 5.41) is 0.696. The lowest BCUT2D eigenvalue weighted by molar-refractivity contribution is -0.117. The minimum Gasteiger partial charge on any atom is -0.369 e. The van der Waals surface area contributed by atoms with Gasteiger partial charge in [-0.2, -0.15) is 0 Å². The van der Waals surface area contributed by atoms with E-state index in [4.69, 9.17) is 5.73 Å². The topological polar surface area (TPSA) is 43.1 Å². The van der Waals surface area contributed by atoms with Crippen LogP contribution < -0.4 is 5.73 Å². The van der Waals surface area contributed by atoms with Crippen molar-refractivity contribution < 1.29 is 4.79 Å². The normalized spacial score (nSPS) is 29.9. The first-order valence-electron chi connectivity index (χ1n) is 5.58. The van der Waals surface area contributed by atoms with Gasteiger partial charge in [0, 0.05) is 5.25 Å². The molecule has 3 atom stereocenters. The largest absolute Gasteiger partial charge is 0.369 e. The number of carbonyl (C=O) groups excluding carboxylic acids is 1. The second kappa shape index (κ2) is 5.64. The Hall–Kier alpha value is -0.180. The SMILES string of the molecule is CCC(SC1CCCC(C)C1)C(N)=O. The van der Waals surface area contributed by atoms with Crippen LogP contribution in [0.5, 0.6) is 0 Å². The molecule has 1 aliphatic rings. The van der Waals surface area contributed by atoms with E-state index in [0.29, 0.717) is 5.25 Å². The van der Waals surface area contributed by atoms with Crippen LogP contribution in [0.2, 0.25) is 0 Å². The van der Waals surface area contributed by atoms with Crippen molar-refractivity contribution in [1.82, 2.24) is 0 Å². The molecule has 2 N–H and O–H groups in total. The van der Waals surface area contributed by atoms with Gasteiger partial charge >= 0.3 is 0 Å². The van der Waals surface area contributed by atoms with Crippen LogP contribution in [0.3, 0.4) is 0 Å². The van der Waals surface area contributed by atoms with E-state index in [1.54, 1.807) is 11.8 Å². The number of rotatable bonds is 4. The summed E-state index contributed by atoms with van der Waals surface area (Å²) in [6, 6.07) is 0. The summed E-state index contributed by atoms with van der Waals surface area (Å²) in [6.07, 6.45) is 6.05. The van der Waals surface area contributed by atoms with E-state index >= 15 is 0 Å². The molecule has 0 aliphatic heterocycles. The number of hydrogen-bond donors (Lipinski definition) is 1. The molecule has 0 heterocycles. The van der Waals surface area contributed by atoms with Gasteiger partial charge in [0.2, 0.25) is 5.91 Å². The summed E-state index contributed by atoms with van der Waals surface area (Å²) in [4.78, 5) is 11.1. The van der Waals surface area contributed by atoms with E-state index in [1.807, 2.05) is 6.92 Å². The highest BCUT2D eigenvalue weighted by atomic mass is 32.2. The lowest BCUT2D eigenvalue weighted by atomic mass is 9.91. The number of thioether (sulfide) groups is 1. The Balaban J connectivity index is 2.37. The van der Waals surface area contributed by atoms with Gasteiger partial charge in [0.15, 0.2) is 0 Å². The molecule has 14 heavy (non-hydrogen) atoms. The molecule has 0 aromatic rings. The molecule has 0 saturated heterocycles. The first-order chi connectivity index (χ1) is 6.63. The standard InChI is InChI=1S/C11H21NOS/c1-3-10(11(12)13)14-9-6-4-5-8(2)7-9/h8-10H,3-7H2,1-2H3,(H2,12,13). The monoisotopic (exact) mass is 215 g/mol. The van der Waals surface area contributed by atoms with Crippen LogP contribution in [0.25, 0.3) is 0 Å². The maximum Gasteiger partial charge on any atom is 0.230 e. The highest BCUT2D eigenvalue weighted by molar-refractivity contribution is 8.01. The molecule has 3 heteroatoms. The zero-order valence-electron chi connectivity index (χ0n) is 9.16. The molecule has 82 valence electrons. The van der Waals surface area contributed by atoms with Crippen molar-refractivity contribution in [3.8, 4) is 0 Å². The van der Waals surface area contributed by atoms with Crippen molar-refractivity contribution in [2.45, 2.75) is 56.5 Å². The molecule has 0 spiro atoms. The Labute approximate surface area is 91.0 Å². The van der Waals surface area contributed by atoms with Gasteiger partial charge in [0.25, 0.3) is 0 Å². The van der Waals surface area contributed by atoms with Gasteiger partial charge < -0.3 is 5.73 Å². The van der Waals surface area contributed by atoms with Crippen molar-refractivity contribution in [1.29, 1.82) is 0 Å². The van der Waals surface area contributed by atoms with Crippen LogP contribution in [-0.2, 0) is 4.79 Å². The lowest BCUT2D eigenvalue weighted by Crippen LogP contribution is -2.28. The van der Waals surface area contributed by atoms with Crippen LogP contribution in [0.15, 0.2) is 0 Å². The molecular formula is C11H21NOS. The van der Waals surface area contributed by atoms with Crippen LogP contribution >= 0.6 is 11.8 Å². The Kier molecular flexibility index (Phi) is 4.79. The summed E-state index contributed by atoms with van der Waals surface area (Å²) >= 11 is 1.80. The van der Waals surface area contributed by atoms with Crippen molar-refractivity contribution in [2.24, 2.45) is 11.7 Å². The van der Waals surface area contributed by atoms with Gasteiger partial charge in [-0.15, -0.1) is 11.8 Å². The van der Waals surface area contributed by atoms with Crippen molar-refractivity contribution >= 4 is 17.7 Å². The lowest BCUT2D eigenvalue weighted by Gasteiger charge is -2.28. The van der Waals surface area contributed by atoms with Crippen LogP contribution in [0.1, 0.15) is 46.0 Å². The molecular weight excluding hydrogens is 194 g/mol. The van der Waals surface area contributed by atoms with E-state index < -0.39 is 0 Å². The van der Waals surface area contributed by atoms with E-state index in [0.717, 1.165) is 12.3 Å². The van der Waals surface area contributed by atoms with Gasteiger partial charge in [-0.25, -0.2) is 0 Å². The fourth-order valence-corrected chi connectivity index (χ4v) is 3.63. The smallest absolute Gasteiger partial charge is 0.230 e. The van der Waals surface area contributed by atoms with Gasteiger partial charge in [-0.1, -0.05) is 26.7 Å². The third-order valence-electron chi connectivity index (χ3n) is 2.93. The fourth-order valence-electron chi connectivity index (χ4n) is 2.10. The molecule has 1 aliphatic carbocycles. The van der Waals surface area contributed by atoms with Gasteiger partial charge in [0.1, 0.15) is 0 Å². The highest BCUT2D eigenvalue weighted by Crippen LogP contribution is 2.34. The second-order valence-corrected chi connectivity index (χ2v) is 5.84. The van der Waals surface area contributed by atoms with Gasteiger partial charge in [0.05, 0.1) is 5.25 Å². The Morgan fingerprint density at radius 1 is 1.57 bits per heavy atom. The summed E-state index contributed by atoms with van der Waals surface area (Å²) in [6.45, 7) is 4.34. The second-order valence-electron chi connectivity index (χ2n) is 4.33. The van der Waals surface area contributed by atoms with Crippen LogP contribution in [0, 0.1) is 5.92 Å². The zero-order valence-corrected chi connectivity index (χ0v) is 9.98. The van der Waals surface area contributed by atoms with Crippen LogP contribution in [0.4, 0.5) is 0 Å². The number of hydrogen-bond acceptors (Lipinski definition) is 2. The average molecular weight is 215 g/mol. The fraction of sp³-hybridized carbons (Fsp3) is 0.909. The predicted octanol–water partition coefficient (Wildman–Crippen LogP) is 2.56. The van der Waals surface area contributed by atoms with E-state index in [1.165, 1.54) is 25.7 Å². The van der Waals surface area contributed by atoms with E-state index in [2.05, 4.69) is 6.92 Å². The Morgan fingerprint density at radius 2 is 2.29 bits per heavy atom. The third kappa shape index (κ3) is 3.52. The molecule has 0 bridgehead atoms. The summed E-state index contributed by atoms with van der Waals surface area (Å²) in [5.41, 5.74) is 5.34. The van der Waals surface area contributed by atoms with Crippen molar-refractivity contribution in [2.75, 3.05) is 0 Å². The molecule has 0 aromatic carbocycles. The van der Waals surface area contributed by atoms with E-state index in [9.17, 15) is 4.79 Å². The van der Waals surface area contributed by atoms with E-state index in [-0.39, 0.29) is 11.2 Å². The molecule has 1 saturated carbocycles. The van der Waals surface area contributed by atoms with Gasteiger partial charge in [-0.05, 0) is 25.2 Å². The molecule has 0 radical (unpaired) electrons. The third-order valence-corrected chi connectivity index (χ3v) is 4.64. The summed E-state index contributed by atoms with van der Waals surface area (Å²) in [7, 11) is 0.